The van der Waals surface area contributed by atoms with Crippen LogP contribution in [0.25, 0.3) is 10.9 Å². The fourth-order valence-electron chi connectivity index (χ4n) is 4.06. The summed E-state index contributed by atoms with van der Waals surface area (Å²) in [4.78, 5) is 39.7. The van der Waals surface area contributed by atoms with Gasteiger partial charge in [0, 0.05) is 35.2 Å². The fourth-order valence-corrected chi connectivity index (χ4v) is 4.06. The van der Waals surface area contributed by atoms with Gasteiger partial charge in [-0.25, -0.2) is 10.2 Å². The van der Waals surface area contributed by atoms with Crippen molar-refractivity contribution in [1.82, 2.24) is 15.7 Å². The highest BCUT2D eigenvalue weighted by Gasteiger charge is 2.24. The van der Waals surface area contributed by atoms with Crippen LogP contribution in [0.15, 0.2) is 78.0 Å². The third kappa shape index (κ3) is 6.72. The number of methoxy groups -OCH3 is 2. The molecule has 2 amide bonds. The van der Waals surface area contributed by atoms with Crippen molar-refractivity contribution in [2.24, 2.45) is 5.10 Å². The molecule has 0 spiro atoms. The molecule has 4 aromatic rings. The summed E-state index contributed by atoms with van der Waals surface area (Å²) >= 11 is 0. The first-order valence-electron chi connectivity index (χ1n) is 12.1. The van der Waals surface area contributed by atoms with E-state index in [9.17, 15) is 19.7 Å². The number of amides is 2. The van der Waals surface area contributed by atoms with Gasteiger partial charge in [-0.05, 0) is 23.3 Å². The number of nitrogens with zero attached hydrogens (tertiary/aromatic N) is 2. The van der Waals surface area contributed by atoms with E-state index in [0.717, 1.165) is 22.0 Å². The first kappa shape index (κ1) is 27.6. The van der Waals surface area contributed by atoms with Gasteiger partial charge in [-0.1, -0.05) is 48.5 Å². The van der Waals surface area contributed by atoms with Crippen molar-refractivity contribution in [2.45, 2.75) is 19.1 Å². The second kappa shape index (κ2) is 12.9. The van der Waals surface area contributed by atoms with Gasteiger partial charge in [-0.2, -0.15) is 5.10 Å². The topological polar surface area (TPSA) is 157 Å². The molecule has 3 aromatic carbocycles. The monoisotopic (exact) mass is 545 g/mol. The fraction of sp³-hybridized carbons (Fsp3) is 0.179. The van der Waals surface area contributed by atoms with E-state index >= 15 is 0 Å². The number of fused-ring (bicyclic) bond motifs is 1. The molecule has 1 heterocycles. The van der Waals surface area contributed by atoms with Gasteiger partial charge in [0.25, 0.3) is 5.91 Å². The number of rotatable bonds is 11. The van der Waals surface area contributed by atoms with Crippen LogP contribution in [0.5, 0.6) is 11.5 Å². The summed E-state index contributed by atoms with van der Waals surface area (Å²) in [5.41, 5.74) is 4.84. The van der Waals surface area contributed by atoms with Crippen molar-refractivity contribution in [2.75, 3.05) is 14.2 Å². The molecule has 0 radical (unpaired) electrons. The Morgan fingerprint density at radius 1 is 1.07 bits per heavy atom. The third-order valence-electron chi connectivity index (χ3n) is 5.99. The minimum Gasteiger partial charge on any atom is -0.493 e. The Kier molecular flexibility index (Phi) is 8.92. The van der Waals surface area contributed by atoms with Crippen LogP contribution in [-0.4, -0.2) is 48.4 Å². The Bertz CT molecular complexity index is 1530. The summed E-state index contributed by atoms with van der Waals surface area (Å²) < 4.78 is 15.6. The highest BCUT2D eigenvalue weighted by atomic mass is 16.6. The van der Waals surface area contributed by atoms with Crippen LogP contribution in [0.1, 0.15) is 16.7 Å². The molecule has 0 aliphatic carbocycles. The van der Waals surface area contributed by atoms with Gasteiger partial charge in [0.15, 0.2) is 5.75 Å². The maximum absolute atomic E-state index is 13.1. The summed E-state index contributed by atoms with van der Waals surface area (Å²) in [7, 11) is 2.65. The van der Waals surface area contributed by atoms with E-state index in [1.807, 2.05) is 54.6 Å². The predicted molar refractivity (Wildman–Crippen MR) is 147 cm³/mol. The number of nitro groups is 1. The molecule has 0 aliphatic rings. The lowest BCUT2D eigenvalue weighted by Crippen LogP contribution is -2.47. The largest absolute Gasteiger partial charge is 0.493 e. The van der Waals surface area contributed by atoms with Crippen LogP contribution in [0.4, 0.5) is 10.5 Å². The molecular formula is C28H27N5O7. The average molecular weight is 546 g/mol. The van der Waals surface area contributed by atoms with Crippen molar-refractivity contribution in [3.63, 3.8) is 0 Å². The summed E-state index contributed by atoms with van der Waals surface area (Å²) in [6.45, 7) is 0.0321. The van der Waals surface area contributed by atoms with Crippen molar-refractivity contribution in [3.05, 3.63) is 99.7 Å². The van der Waals surface area contributed by atoms with E-state index in [-0.39, 0.29) is 35.8 Å². The van der Waals surface area contributed by atoms with E-state index in [1.54, 1.807) is 6.20 Å². The summed E-state index contributed by atoms with van der Waals surface area (Å²) in [6, 6.07) is 18.4. The zero-order valence-electron chi connectivity index (χ0n) is 21.7. The molecule has 0 saturated carbocycles. The van der Waals surface area contributed by atoms with Crippen LogP contribution in [0, 0.1) is 10.1 Å². The van der Waals surface area contributed by atoms with Crippen molar-refractivity contribution >= 4 is 34.8 Å². The van der Waals surface area contributed by atoms with Crippen LogP contribution in [-0.2, 0) is 22.6 Å². The quantitative estimate of drug-likeness (QED) is 0.146. The number of nitro benzene ring substituents is 1. The number of hydrogen-bond acceptors (Lipinski definition) is 8. The molecule has 1 aromatic heterocycles. The molecule has 40 heavy (non-hydrogen) atoms. The van der Waals surface area contributed by atoms with Crippen LogP contribution >= 0.6 is 0 Å². The normalized spacial score (nSPS) is 11.7. The average Bonchev–Trinajstić information content (AvgIpc) is 3.38. The van der Waals surface area contributed by atoms with E-state index in [1.165, 1.54) is 32.6 Å². The minimum absolute atomic E-state index is 0.0321. The number of benzene rings is 3. The molecule has 12 nitrogen and oxygen atoms in total. The predicted octanol–water partition coefficient (Wildman–Crippen LogP) is 4.08. The number of carbonyl (C=O) groups excluding carboxylic acids is 2. The first-order chi connectivity index (χ1) is 19.4. The molecule has 206 valence electrons. The van der Waals surface area contributed by atoms with Gasteiger partial charge in [0.2, 0.25) is 5.75 Å². The summed E-state index contributed by atoms with van der Waals surface area (Å²) in [5, 5.41) is 18.9. The van der Waals surface area contributed by atoms with Crippen LogP contribution in [0.3, 0.4) is 0 Å². The molecule has 3 N–H and O–H groups in total. The minimum atomic E-state index is -1.04. The lowest BCUT2D eigenvalue weighted by molar-refractivity contribution is -0.385. The van der Waals surface area contributed by atoms with Crippen molar-refractivity contribution in [1.29, 1.82) is 0 Å². The van der Waals surface area contributed by atoms with Gasteiger partial charge >= 0.3 is 11.8 Å². The van der Waals surface area contributed by atoms with E-state index in [0.29, 0.717) is 0 Å². The van der Waals surface area contributed by atoms with Gasteiger partial charge in [-0.15, -0.1) is 0 Å². The molecular weight excluding hydrogens is 518 g/mol. The maximum Gasteiger partial charge on any atom is 0.408 e. The highest BCUT2D eigenvalue weighted by molar-refractivity contribution is 5.90. The Morgan fingerprint density at radius 3 is 2.55 bits per heavy atom. The number of H-pyrrole nitrogens is 1. The summed E-state index contributed by atoms with van der Waals surface area (Å²) in [6.07, 6.45) is 2.37. The standard InChI is InChI=1S/C28H27N5O7/c1-38-25-13-19(12-24(33(36)37)26(25)39-2)15-30-32-27(34)23(14-20-16-29-22-11-7-6-10-21(20)22)31-28(35)40-17-18-8-4-3-5-9-18/h3-13,15-16,23,29H,14,17H2,1-2H3,(H,31,35)(H,32,34)/b30-15-/t23-/m0/s1. The zero-order chi connectivity index (χ0) is 28.5. The Morgan fingerprint density at radius 2 is 1.82 bits per heavy atom. The first-order valence-corrected chi connectivity index (χ1v) is 12.1. The van der Waals surface area contributed by atoms with E-state index < -0.39 is 23.0 Å². The number of para-hydroxylation sites is 1. The Labute approximate surface area is 229 Å². The molecule has 0 fully saturated rings. The molecule has 0 unspecified atom stereocenters. The molecule has 1 atom stereocenters. The van der Waals surface area contributed by atoms with Crippen molar-refractivity contribution < 1.29 is 28.7 Å². The second-order valence-electron chi connectivity index (χ2n) is 8.59. The Hall–Kier alpha value is -5.39. The van der Waals surface area contributed by atoms with Crippen LogP contribution in [0.2, 0.25) is 0 Å². The smallest absolute Gasteiger partial charge is 0.408 e. The number of hydrazone groups is 1. The van der Waals surface area contributed by atoms with E-state index in [2.05, 4.69) is 20.8 Å². The third-order valence-corrected chi connectivity index (χ3v) is 5.99. The van der Waals surface area contributed by atoms with Crippen molar-refractivity contribution in [3.8, 4) is 11.5 Å². The zero-order valence-corrected chi connectivity index (χ0v) is 21.7. The maximum atomic E-state index is 13.1. The van der Waals surface area contributed by atoms with Gasteiger partial charge < -0.3 is 24.5 Å². The van der Waals surface area contributed by atoms with Gasteiger partial charge in [0.05, 0.1) is 25.4 Å². The second-order valence-corrected chi connectivity index (χ2v) is 8.59. The van der Waals surface area contributed by atoms with E-state index in [4.69, 9.17) is 14.2 Å². The number of alkyl carbamates (subject to hydrolysis) is 1. The molecule has 4 rings (SSSR count). The molecule has 0 aliphatic heterocycles. The number of aromatic nitrogens is 1. The molecule has 0 bridgehead atoms. The van der Waals surface area contributed by atoms with Gasteiger partial charge in [0.1, 0.15) is 12.6 Å². The van der Waals surface area contributed by atoms with Gasteiger partial charge in [-0.3, -0.25) is 14.9 Å². The number of carbonyl (C=O) groups is 2. The lowest BCUT2D eigenvalue weighted by Gasteiger charge is -2.17. The Balaban J connectivity index is 1.50. The SMILES string of the molecule is COc1cc(/C=N\NC(=O)[C@H](Cc2c[nH]c3ccccc23)NC(=O)OCc2ccccc2)cc([N+](=O)[O-])c1OC. The molecule has 0 saturated heterocycles. The van der Waals surface area contributed by atoms with Crippen LogP contribution < -0.4 is 20.2 Å². The lowest BCUT2D eigenvalue weighted by atomic mass is 10.0. The number of hydrogen-bond donors (Lipinski definition) is 3. The molecule has 12 heteroatoms. The number of ether oxygens (including phenoxy) is 3. The number of aromatic amines is 1. The summed E-state index contributed by atoms with van der Waals surface area (Å²) in [5.74, 6) is -0.525. The highest BCUT2D eigenvalue weighted by Crippen LogP contribution is 2.37. The number of nitrogens with one attached hydrogen (secondary N) is 3.